The van der Waals surface area contributed by atoms with Crippen LogP contribution < -0.4 is 11.5 Å². The number of amides is 2. The van der Waals surface area contributed by atoms with E-state index in [2.05, 4.69) is 0 Å². The van der Waals surface area contributed by atoms with Crippen LogP contribution >= 0.6 is 0 Å². The number of benzene rings is 1. The summed E-state index contributed by atoms with van der Waals surface area (Å²) in [5.41, 5.74) is 10.9. The number of nitrogens with two attached hydrogens (primary N) is 2. The molecule has 2 rings (SSSR count). The number of carbonyl (C=O) groups is 2. The normalized spacial score (nSPS) is 16.1. The number of halogens is 1. The van der Waals surface area contributed by atoms with Crippen molar-refractivity contribution in [2.75, 3.05) is 18.8 Å². The first-order valence-electron chi connectivity index (χ1n) is 6.60. The summed E-state index contributed by atoms with van der Waals surface area (Å²) in [6, 6.07) is 4.06. The van der Waals surface area contributed by atoms with Gasteiger partial charge < -0.3 is 16.4 Å². The minimum Gasteiger partial charge on any atom is -0.399 e. The van der Waals surface area contributed by atoms with E-state index >= 15 is 0 Å². The zero-order chi connectivity index (χ0) is 14.7. The predicted octanol–water partition coefficient (Wildman–Crippen LogP) is 1.14. The van der Waals surface area contributed by atoms with Crippen molar-refractivity contribution in [3.05, 3.63) is 29.6 Å². The molecule has 108 valence electrons. The molecule has 1 aliphatic rings. The van der Waals surface area contributed by atoms with Crippen LogP contribution in [0.4, 0.5) is 10.1 Å². The number of hydrogen-bond donors (Lipinski definition) is 2. The quantitative estimate of drug-likeness (QED) is 0.813. The van der Waals surface area contributed by atoms with E-state index in [0.717, 1.165) is 6.07 Å². The third-order valence-corrected chi connectivity index (χ3v) is 3.62. The summed E-state index contributed by atoms with van der Waals surface area (Å²) in [6.45, 7) is 1.03. The molecule has 1 aromatic rings. The standard InChI is InChI=1S/C14H18FN3O2/c15-12-8-10(16)1-2-11(12)14(20)18-5-3-9(4-6-18)7-13(17)19/h1-2,8-9H,3-7,16H2,(H2,17,19). The molecule has 2 amide bonds. The average molecular weight is 279 g/mol. The minimum absolute atomic E-state index is 0.0348. The Kier molecular flexibility index (Phi) is 4.22. The molecule has 1 aliphatic heterocycles. The maximum absolute atomic E-state index is 13.7. The summed E-state index contributed by atoms with van der Waals surface area (Å²) in [5, 5.41) is 0. The molecule has 1 fully saturated rings. The highest BCUT2D eigenvalue weighted by atomic mass is 19.1. The topological polar surface area (TPSA) is 89.4 Å². The van der Waals surface area contributed by atoms with Gasteiger partial charge in [-0.05, 0) is 37.0 Å². The zero-order valence-electron chi connectivity index (χ0n) is 11.1. The van der Waals surface area contributed by atoms with Crippen LogP contribution in [0, 0.1) is 11.7 Å². The molecule has 1 aromatic carbocycles. The van der Waals surface area contributed by atoms with E-state index in [0.29, 0.717) is 38.0 Å². The number of hydrogen-bond acceptors (Lipinski definition) is 3. The van der Waals surface area contributed by atoms with Gasteiger partial charge in [-0.3, -0.25) is 9.59 Å². The lowest BCUT2D eigenvalue weighted by Gasteiger charge is -2.31. The van der Waals surface area contributed by atoms with Gasteiger partial charge in [0.05, 0.1) is 5.56 Å². The van der Waals surface area contributed by atoms with E-state index in [1.165, 1.54) is 12.1 Å². The first-order chi connectivity index (χ1) is 9.47. The Balaban J connectivity index is 1.99. The Bertz CT molecular complexity index is 525. The van der Waals surface area contributed by atoms with E-state index < -0.39 is 5.82 Å². The van der Waals surface area contributed by atoms with Crippen LogP contribution in [0.2, 0.25) is 0 Å². The number of carbonyl (C=O) groups excluding carboxylic acids is 2. The Morgan fingerprint density at radius 1 is 1.30 bits per heavy atom. The fraction of sp³-hybridized carbons (Fsp3) is 0.429. The first-order valence-corrected chi connectivity index (χ1v) is 6.60. The SMILES string of the molecule is NC(=O)CC1CCN(C(=O)c2ccc(N)cc2F)CC1. The molecule has 0 unspecified atom stereocenters. The van der Waals surface area contributed by atoms with E-state index in [1.54, 1.807) is 4.90 Å². The van der Waals surface area contributed by atoms with E-state index in [4.69, 9.17) is 11.5 Å². The van der Waals surface area contributed by atoms with Crippen molar-refractivity contribution in [2.24, 2.45) is 11.7 Å². The second-order valence-electron chi connectivity index (χ2n) is 5.15. The van der Waals surface area contributed by atoms with Gasteiger partial charge in [0.25, 0.3) is 5.91 Å². The second kappa shape index (κ2) is 5.90. The van der Waals surface area contributed by atoms with Crippen molar-refractivity contribution >= 4 is 17.5 Å². The van der Waals surface area contributed by atoms with Crippen molar-refractivity contribution < 1.29 is 14.0 Å². The molecule has 0 radical (unpaired) electrons. The monoisotopic (exact) mass is 279 g/mol. The van der Waals surface area contributed by atoms with Gasteiger partial charge in [-0.15, -0.1) is 0 Å². The molecule has 1 saturated heterocycles. The first kappa shape index (κ1) is 14.3. The van der Waals surface area contributed by atoms with E-state index in [-0.39, 0.29) is 23.3 Å². The summed E-state index contributed by atoms with van der Waals surface area (Å²) in [6.07, 6.45) is 1.77. The molecule has 0 saturated carbocycles. The Hall–Kier alpha value is -2.11. The van der Waals surface area contributed by atoms with Crippen molar-refractivity contribution in [2.45, 2.75) is 19.3 Å². The predicted molar refractivity (Wildman–Crippen MR) is 73.3 cm³/mol. The Morgan fingerprint density at radius 3 is 2.50 bits per heavy atom. The van der Waals surface area contributed by atoms with Crippen LogP contribution in [0.3, 0.4) is 0 Å². The Morgan fingerprint density at radius 2 is 1.95 bits per heavy atom. The summed E-state index contributed by atoms with van der Waals surface area (Å²) in [7, 11) is 0. The molecule has 6 heteroatoms. The highest BCUT2D eigenvalue weighted by Crippen LogP contribution is 2.22. The lowest BCUT2D eigenvalue weighted by molar-refractivity contribution is -0.119. The van der Waals surface area contributed by atoms with Gasteiger partial charge in [-0.25, -0.2) is 4.39 Å². The number of nitrogen functional groups attached to an aromatic ring is 1. The van der Waals surface area contributed by atoms with Crippen molar-refractivity contribution in [1.82, 2.24) is 4.90 Å². The van der Waals surface area contributed by atoms with Gasteiger partial charge in [-0.2, -0.15) is 0 Å². The maximum Gasteiger partial charge on any atom is 0.256 e. The van der Waals surface area contributed by atoms with Gasteiger partial charge >= 0.3 is 0 Å². The molecule has 5 nitrogen and oxygen atoms in total. The molecule has 0 atom stereocenters. The number of piperidine rings is 1. The lowest BCUT2D eigenvalue weighted by Crippen LogP contribution is -2.39. The van der Waals surface area contributed by atoms with E-state index in [9.17, 15) is 14.0 Å². The third kappa shape index (κ3) is 3.26. The summed E-state index contributed by atoms with van der Waals surface area (Å²) < 4.78 is 13.7. The fourth-order valence-electron chi connectivity index (χ4n) is 2.50. The maximum atomic E-state index is 13.7. The van der Waals surface area contributed by atoms with Crippen LogP contribution in [0.25, 0.3) is 0 Å². The largest absolute Gasteiger partial charge is 0.399 e. The summed E-state index contributed by atoms with van der Waals surface area (Å²) in [5.74, 6) is -1.04. The summed E-state index contributed by atoms with van der Waals surface area (Å²) >= 11 is 0. The van der Waals surface area contributed by atoms with Crippen molar-refractivity contribution in [3.63, 3.8) is 0 Å². The van der Waals surface area contributed by atoms with Gasteiger partial charge in [0.2, 0.25) is 5.91 Å². The van der Waals surface area contributed by atoms with E-state index in [1.807, 2.05) is 0 Å². The molecular weight excluding hydrogens is 261 g/mol. The molecule has 0 bridgehead atoms. The average Bonchev–Trinajstić information content (AvgIpc) is 2.38. The fourth-order valence-corrected chi connectivity index (χ4v) is 2.50. The van der Waals surface area contributed by atoms with Gasteiger partial charge in [0.1, 0.15) is 5.82 Å². The van der Waals surface area contributed by atoms with Crippen molar-refractivity contribution in [3.8, 4) is 0 Å². The smallest absolute Gasteiger partial charge is 0.256 e. The van der Waals surface area contributed by atoms with Crippen LogP contribution in [0.5, 0.6) is 0 Å². The number of nitrogens with zero attached hydrogens (tertiary/aromatic N) is 1. The number of rotatable bonds is 3. The molecule has 0 spiro atoms. The zero-order valence-corrected chi connectivity index (χ0v) is 11.1. The highest BCUT2D eigenvalue weighted by Gasteiger charge is 2.25. The number of likely N-dealkylation sites (tertiary alicyclic amines) is 1. The van der Waals surface area contributed by atoms with Crippen LogP contribution in [-0.2, 0) is 4.79 Å². The molecule has 1 heterocycles. The van der Waals surface area contributed by atoms with Gasteiger partial charge in [-0.1, -0.05) is 0 Å². The summed E-state index contributed by atoms with van der Waals surface area (Å²) in [4.78, 5) is 24.7. The third-order valence-electron chi connectivity index (χ3n) is 3.62. The van der Waals surface area contributed by atoms with Gasteiger partial charge in [0.15, 0.2) is 0 Å². The van der Waals surface area contributed by atoms with Crippen LogP contribution in [0.15, 0.2) is 18.2 Å². The molecule has 20 heavy (non-hydrogen) atoms. The highest BCUT2D eigenvalue weighted by molar-refractivity contribution is 5.94. The van der Waals surface area contributed by atoms with Gasteiger partial charge in [0, 0.05) is 25.2 Å². The van der Waals surface area contributed by atoms with Crippen molar-refractivity contribution in [1.29, 1.82) is 0 Å². The number of primary amides is 1. The lowest BCUT2D eigenvalue weighted by atomic mass is 9.93. The molecule has 0 aromatic heterocycles. The molecule has 0 aliphatic carbocycles. The number of anilines is 1. The minimum atomic E-state index is -0.603. The molecular formula is C14H18FN3O2. The van der Waals surface area contributed by atoms with Crippen LogP contribution in [0.1, 0.15) is 29.6 Å². The van der Waals surface area contributed by atoms with Crippen LogP contribution in [-0.4, -0.2) is 29.8 Å². The molecule has 4 N–H and O–H groups in total. The second-order valence-corrected chi connectivity index (χ2v) is 5.15. The Labute approximate surface area is 116 Å².